The number of amides is 2. The molecule has 0 unspecified atom stereocenters. The summed E-state index contributed by atoms with van der Waals surface area (Å²) in [6.07, 6.45) is 0. The summed E-state index contributed by atoms with van der Waals surface area (Å²) >= 11 is 0. The molecule has 0 aliphatic heterocycles. The average molecular weight is 265 g/mol. The quantitative estimate of drug-likeness (QED) is 0.773. The molecular formula is C12H12FN3O3. The number of carbonyl (C=O) groups is 2. The van der Waals surface area contributed by atoms with Gasteiger partial charge in [0.1, 0.15) is 17.4 Å². The minimum Gasteiger partial charge on any atom is -0.480 e. The number of rotatable bonds is 3. The molecule has 0 aliphatic rings. The number of halogens is 1. The monoisotopic (exact) mass is 265 g/mol. The Morgan fingerprint density at radius 1 is 1.42 bits per heavy atom. The summed E-state index contributed by atoms with van der Waals surface area (Å²) in [6.45, 7) is 2.62. The Labute approximate surface area is 108 Å². The number of carbonyl (C=O) groups excluding carboxylic acids is 1. The zero-order valence-corrected chi connectivity index (χ0v) is 10.3. The predicted molar refractivity (Wildman–Crippen MR) is 65.0 cm³/mol. The fourth-order valence-corrected chi connectivity index (χ4v) is 1.21. The molecule has 0 spiro atoms. The first-order valence-corrected chi connectivity index (χ1v) is 5.28. The molecule has 19 heavy (non-hydrogen) atoms. The number of hydrogen-bond donors (Lipinski definition) is 3. The Morgan fingerprint density at radius 3 is 2.58 bits per heavy atom. The zero-order valence-electron chi connectivity index (χ0n) is 10.3. The highest BCUT2D eigenvalue weighted by molar-refractivity contribution is 5.94. The van der Waals surface area contributed by atoms with Crippen LogP contribution < -0.4 is 10.6 Å². The van der Waals surface area contributed by atoms with Crippen molar-refractivity contribution in [1.29, 1.82) is 5.26 Å². The van der Waals surface area contributed by atoms with Gasteiger partial charge >= 0.3 is 12.0 Å². The lowest BCUT2D eigenvalue weighted by atomic mass is 10.1. The van der Waals surface area contributed by atoms with E-state index in [9.17, 15) is 14.0 Å². The van der Waals surface area contributed by atoms with Crippen molar-refractivity contribution in [3.8, 4) is 6.07 Å². The fraction of sp³-hybridized carbons (Fsp3) is 0.250. The summed E-state index contributed by atoms with van der Waals surface area (Å²) in [6, 6.07) is 4.21. The Hall–Kier alpha value is -2.62. The summed E-state index contributed by atoms with van der Waals surface area (Å²) < 4.78 is 12.9. The molecule has 0 saturated heterocycles. The van der Waals surface area contributed by atoms with E-state index in [2.05, 4.69) is 10.6 Å². The molecule has 7 heteroatoms. The number of hydrogen-bond acceptors (Lipinski definition) is 3. The van der Waals surface area contributed by atoms with Crippen LogP contribution >= 0.6 is 0 Å². The van der Waals surface area contributed by atoms with Gasteiger partial charge in [-0.1, -0.05) is 0 Å². The molecule has 0 saturated carbocycles. The van der Waals surface area contributed by atoms with Gasteiger partial charge in [-0.3, -0.25) is 0 Å². The van der Waals surface area contributed by atoms with Crippen molar-refractivity contribution < 1.29 is 19.1 Å². The minimum absolute atomic E-state index is 0.0525. The molecule has 6 nitrogen and oxygen atoms in total. The predicted octanol–water partition coefficient (Wildman–Crippen LogP) is 1.68. The minimum atomic E-state index is -1.46. The van der Waals surface area contributed by atoms with Crippen LogP contribution in [-0.2, 0) is 4.79 Å². The topological polar surface area (TPSA) is 102 Å². The van der Waals surface area contributed by atoms with Gasteiger partial charge in [0.25, 0.3) is 0 Å². The smallest absolute Gasteiger partial charge is 0.328 e. The first-order valence-electron chi connectivity index (χ1n) is 5.28. The molecule has 3 N–H and O–H groups in total. The third-order valence-corrected chi connectivity index (χ3v) is 2.31. The van der Waals surface area contributed by atoms with E-state index < -0.39 is 23.4 Å². The molecule has 0 aliphatic carbocycles. The molecule has 1 aromatic carbocycles. The maximum atomic E-state index is 12.9. The van der Waals surface area contributed by atoms with E-state index in [1.807, 2.05) is 0 Å². The van der Waals surface area contributed by atoms with E-state index in [4.69, 9.17) is 10.4 Å². The second-order valence-electron chi connectivity index (χ2n) is 4.31. The Kier molecular flexibility index (Phi) is 4.07. The van der Waals surface area contributed by atoms with E-state index in [-0.39, 0.29) is 11.3 Å². The van der Waals surface area contributed by atoms with Gasteiger partial charge in [-0.15, -0.1) is 0 Å². The van der Waals surface area contributed by atoms with E-state index in [1.54, 1.807) is 6.07 Å². The van der Waals surface area contributed by atoms with Crippen molar-refractivity contribution in [2.24, 2.45) is 0 Å². The van der Waals surface area contributed by atoms with Gasteiger partial charge in [0.05, 0.1) is 11.3 Å². The van der Waals surface area contributed by atoms with Crippen LogP contribution in [0.2, 0.25) is 0 Å². The summed E-state index contributed by atoms with van der Waals surface area (Å²) in [5, 5.41) is 22.2. The van der Waals surface area contributed by atoms with Crippen LogP contribution in [0.1, 0.15) is 19.4 Å². The average Bonchev–Trinajstić information content (AvgIpc) is 2.30. The van der Waals surface area contributed by atoms with Gasteiger partial charge in [0, 0.05) is 0 Å². The van der Waals surface area contributed by atoms with Crippen molar-refractivity contribution in [3.63, 3.8) is 0 Å². The third kappa shape index (κ3) is 3.67. The van der Waals surface area contributed by atoms with Crippen LogP contribution in [0.3, 0.4) is 0 Å². The number of nitriles is 1. The number of urea groups is 1. The molecule has 0 radical (unpaired) electrons. The van der Waals surface area contributed by atoms with Crippen molar-refractivity contribution in [3.05, 3.63) is 29.6 Å². The van der Waals surface area contributed by atoms with Crippen LogP contribution in [0, 0.1) is 17.1 Å². The van der Waals surface area contributed by atoms with Gasteiger partial charge < -0.3 is 15.7 Å². The second kappa shape index (κ2) is 5.35. The summed E-state index contributed by atoms with van der Waals surface area (Å²) in [7, 11) is 0. The molecule has 1 rings (SSSR count). The maximum Gasteiger partial charge on any atom is 0.328 e. The normalized spacial score (nSPS) is 10.4. The standard InChI is InChI=1S/C12H12FN3O3/c1-12(2,10(17)18)16-11(19)15-9-4-3-8(13)5-7(9)6-14/h3-5H,1-2H3,(H,17,18)(H2,15,16,19). The molecule has 0 fully saturated rings. The summed E-state index contributed by atoms with van der Waals surface area (Å²) in [5.74, 6) is -1.81. The number of nitrogens with one attached hydrogen (secondary N) is 2. The third-order valence-electron chi connectivity index (χ3n) is 2.31. The number of carboxylic acid groups (broad SMARTS) is 1. The molecule has 100 valence electrons. The number of nitrogens with zero attached hydrogens (tertiary/aromatic N) is 1. The van der Waals surface area contributed by atoms with E-state index in [0.29, 0.717) is 0 Å². The van der Waals surface area contributed by atoms with Gasteiger partial charge in [-0.05, 0) is 32.0 Å². The molecule has 2 amide bonds. The van der Waals surface area contributed by atoms with Crippen LogP contribution in [-0.4, -0.2) is 22.6 Å². The molecular weight excluding hydrogens is 253 g/mol. The molecule has 0 bridgehead atoms. The van der Waals surface area contributed by atoms with Crippen LogP contribution in [0.25, 0.3) is 0 Å². The van der Waals surface area contributed by atoms with Gasteiger partial charge in [0.15, 0.2) is 0 Å². The zero-order chi connectivity index (χ0) is 14.6. The lowest BCUT2D eigenvalue weighted by Gasteiger charge is -2.21. The highest BCUT2D eigenvalue weighted by atomic mass is 19.1. The van der Waals surface area contributed by atoms with Crippen molar-refractivity contribution in [2.75, 3.05) is 5.32 Å². The highest BCUT2D eigenvalue weighted by Gasteiger charge is 2.29. The Bertz CT molecular complexity index is 564. The van der Waals surface area contributed by atoms with Crippen LogP contribution in [0.15, 0.2) is 18.2 Å². The highest BCUT2D eigenvalue weighted by Crippen LogP contribution is 2.16. The lowest BCUT2D eigenvalue weighted by molar-refractivity contribution is -0.142. The van der Waals surface area contributed by atoms with Gasteiger partial charge in [-0.2, -0.15) is 5.26 Å². The first kappa shape index (κ1) is 14.4. The maximum absolute atomic E-state index is 12.9. The number of aliphatic carboxylic acids is 1. The first-order chi connectivity index (χ1) is 8.76. The molecule has 1 aromatic rings. The molecule has 0 aromatic heterocycles. The van der Waals surface area contributed by atoms with Crippen molar-refractivity contribution in [1.82, 2.24) is 5.32 Å². The Morgan fingerprint density at radius 2 is 2.05 bits per heavy atom. The Balaban J connectivity index is 2.84. The van der Waals surface area contributed by atoms with Crippen molar-refractivity contribution >= 4 is 17.7 Å². The van der Waals surface area contributed by atoms with Crippen LogP contribution in [0.5, 0.6) is 0 Å². The number of benzene rings is 1. The second-order valence-corrected chi connectivity index (χ2v) is 4.31. The number of carboxylic acids is 1. The number of anilines is 1. The largest absolute Gasteiger partial charge is 0.480 e. The lowest BCUT2D eigenvalue weighted by Crippen LogP contribution is -2.51. The van der Waals surface area contributed by atoms with E-state index in [1.165, 1.54) is 19.9 Å². The van der Waals surface area contributed by atoms with Gasteiger partial charge in [-0.25, -0.2) is 14.0 Å². The fourth-order valence-electron chi connectivity index (χ4n) is 1.21. The van der Waals surface area contributed by atoms with E-state index in [0.717, 1.165) is 12.1 Å². The van der Waals surface area contributed by atoms with Crippen molar-refractivity contribution in [2.45, 2.75) is 19.4 Å². The molecule has 0 heterocycles. The molecule has 0 atom stereocenters. The summed E-state index contributed by atoms with van der Waals surface area (Å²) in [5.41, 5.74) is -1.41. The summed E-state index contributed by atoms with van der Waals surface area (Å²) in [4.78, 5) is 22.4. The van der Waals surface area contributed by atoms with Crippen LogP contribution in [0.4, 0.5) is 14.9 Å². The van der Waals surface area contributed by atoms with Gasteiger partial charge in [0.2, 0.25) is 0 Å². The van der Waals surface area contributed by atoms with E-state index >= 15 is 0 Å². The SMILES string of the molecule is CC(C)(NC(=O)Nc1ccc(F)cc1C#N)C(=O)O.